The monoisotopic (exact) mass is 222 g/mol. The van der Waals surface area contributed by atoms with E-state index >= 15 is 0 Å². The van der Waals surface area contributed by atoms with Crippen LogP contribution in [-0.2, 0) is 20.0 Å². The molecule has 2 heterocycles. The van der Waals surface area contributed by atoms with Gasteiger partial charge in [-0.05, 0) is 6.42 Å². The number of nitrogens with zero attached hydrogens (tertiary/aromatic N) is 3. The van der Waals surface area contributed by atoms with Crippen molar-refractivity contribution in [3.63, 3.8) is 0 Å². The Hall–Kier alpha value is -1.20. The summed E-state index contributed by atoms with van der Waals surface area (Å²) in [6.45, 7) is 2.67. The maximum Gasteiger partial charge on any atom is 0.127 e. The number of thiazole rings is 1. The molecule has 0 aromatic carbocycles. The molecule has 4 nitrogen and oxygen atoms in total. The molecular weight excluding hydrogens is 208 g/mol. The standard InChI is InChI=1S/C10H14N4S/c1-3-8-9(4-11)15-10(13-8)7-5-12-14(2)6-7/h5-6H,3-4,11H2,1-2H3. The van der Waals surface area contributed by atoms with Crippen LogP contribution in [0.5, 0.6) is 0 Å². The maximum absolute atomic E-state index is 5.67. The molecule has 0 aliphatic rings. The molecule has 2 aromatic rings. The molecule has 0 spiro atoms. The second kappa shape index (κ2) is 4.12. The van der Waals surface area contributed by atoms with Gasteiger partial charge in [-0.3, -0.25) is 4.68 Å². The zero-order chi connectivity index (χ0) is 10.8. The van der Waals surface area contributed by atoms with Crippen molar-refractivity contribution in [3.8, 4) is 10.6 Å². The highest BCUT2D eigenvalue weighted by molar-refractivity contribution is 7.15. The Morgan fingerprint density at radius 3 is 2.80 bits per heavy atom. The SMILES string of the molecule is CCc1nc(-c2cnn(C)c2)sc1CN. The molecule has 0 aliphatic heterocycles. The van der Waals surface area contributed by atoms with Gasteiger partial charge in [0, 0.05) is 30.2 Å². The Bertz CT molecular complexity index is 436. The van der Waals surface area contributed by atoms with Gasteiger partial charge < -0.3 is 5.73 Å². The highest BCUT2D eigenvalue weighted by Gasteiger charge is 2.10. The van der Waals surface area contributed by atoms with Gasteiger partial charge >= 0.3 is 0 Å². The Labute approximate surface area is 92.8 Å². The molecular formula is C10H14N4S. The first-order chi connectivity index (χ1) is 7.24. The lowest BCUT2D eigenvalue weighted by Crippen LogP contribution is -1.96. The highest BCUT2D eigenvalue weighted by Crippen LogP contribution is 2.27. The zero-order valence-electron chi connectivity index (χ0n) is 8.90. The molecule has 0 atom stereocenters. The van der Waals surface area contributed by atoms with E-state index in [1.807, 2.05) is 19.4 Å². The fraction of sp³-hybridized carbons (Fsp3) is 0.400. The van der Waals surface area contributed by atoms with Crippen molar-refractivity contribution in [2.75, 3.05) is 0 Å². The molecule has 2 N–H and O–H groups in total. The summed E-state index contributed by atoms with van der Waals surface area (Å²) in [5.41, 5.74) is 7.85. The van der Waals surface area contributed by atoms with Crippen LogP contribution in [0.3, 0.4) is 0 Å². The molecule has 2 aromatic heterocycles. The minimum atomic E-state index is 0.571. The molecule has 80 valence electrons. The minimum absolute atomic E-state index is 0.571. The average Bonchev–Trinajstić information content (AvgIpc) is 2.82. The van der Waals surface area contributed by atoms with Crippen molar-refractivity contribution < 1.29 is 0 Å². The lowest BCUT2D eigenvalue weighted by atomic mass is 10.3. The van der Waals surface area contributed by atoms with Gasteiger partial charge in [0.1, 0.15) is 5.01 Å². The number of hydrogen-bond donors (Lipinski definition) is 1. The van der Waals surface area contributed by atoms with Crippen molar-refractivity contribution in [3.05, 3.63) is 23.0 Å². The fourth-order valence-corrected chi connectivity index (χ4v) is 2.48. The first-order valence-electron chi connectivity index (χ1n) is 4.92. The summed E-state index contributed by atoms with van der Waals surface area (Å²) >= 11 is 1.66. The minimum Gasteiger partial charge on any atom is -0.326 e. The van der Waals surface area contributed by atoms with Crippen LogP contribution in [0.2, 0.25) is 0 Å². The quantitative estimate of drug-likeness (QED) is 0.857. The van der Waals surface area contributed by atoms with Gasteiger partial charge in [-0.2, -0.15) is 5.10 Å². The molecule has 0 saturated heterocycles. The molecule has 0 fully saturated rings. The number of nitrogens with two attached hydrogens (primary N) is 1. The summed E-state index contributed by atoms with van der Waals surface area (Å²) in [6, 6.07) is 0. The smallest absolute Gasteiger partial charge is 0.127 e. The van der Waals surface area contributed by atoms with Crippen molar-refractivity contribution >= 4 is 11.3 Å². The van der Waals surface area contributed by atoms with Gasteiger partial charge in [-0.1, -0.05) is 6.92 Å². The summed E-state index contributed by atoms with van der Waals surface area (Å²) in [4.78, 5) is 5.75. The fourth-order valence-electron chi connectivity index (χ4n) is 1.47. The largest absolute Gasteiger partial charge is 0.326 e. The van der Waals surface area contributed by atoms with E-state index in [1.165, 1.54) is 4.88 Å². The number of rotatable bonds is 3. The number of aryl methyl sites for hydroxylation is 2. The third-order valence-corrected chi connectivity index (χ3v) is 3.42. The van der Waals surface area contributed by atoms with E-state index in [0.717, 1.165) is 22.7 Å². The maximum atomic E-state index is 5.67. The van der Waals surface area contributed by atoms with Gasteiger partial charge in [-0.25, -0.2) is 4.98 Å². The Kier molecular flexibility index (Phi) is 2.83. The summed E-state index contributed by atoms with van der Waals surface area (Å²) in [7, 11) is 1.90. The van der Waals surface area contributed by atoms with Crippen LogP contribution in [0.4, 0.5) is 0 Å². The van der Waals surface area contributed by atoms with Gasteiger partial charge in [0.05, 0.1) is 11.9 Å². The molecule has 0 aliphatic carbocycles. The molecule has 0 bridgehead atoms. The van der Waals surface area contributed by atoms with Gasteiger partial charge in [0.15, 0.2) is 0 Å². The Morgan fingerprint density at radius 2 is 2.33 bits per heavy atom. The normalized spacial score (nSPS) is 10.9. The molecule has 0 radical (unpaired) electrons. The van der Waals surface area contributed by atoms with Gasteiger partial charge in [-0.15, -0.1) is 11.3 Å². The third kappa shape index (κ3) is 1.93. The second-order valence-electron chi connectivity index (χ2n) is 3.35. The average molecular weight is 222 g/mol. The van der Waals surface area contributed by atoms with E-state index in [0.29, 0.717) is 6.54 Å². The predicted octanol–water partition coefficient (Wildman–Crippen LogP) is 1.56. The van der Waals surface area contributed by atoms with Crippen molar-refractivity contribution in [1.29, 1.82) is 0 Å². The van der Waals surface area contributed by atoms with E-state index in [4.69, 9.17) is 5.73 Å². The predicted molar refractivity (Wildman–Crippen MR) is 61.6 cm³/mol. The van der Waals surface area contributed by atoms with Gasteiger partial charge in [0.2, 0.25) is 0 Å². The molecule has 5 heteroatoms. The summed E-state index contributed by atoms with van der Waals surface area (Å²) in [5.74, 6) is 0. The molecule has 0 amide bonds. The van der Waals surface area contributed by atoms with Crippen LogP contribution < -0.4 is 5.73 Å². The van der Waals surface area contributed by atoms with Crippen LogP contribution in [0, 0.1) is 0 Å². The van der Waals surface area contributed by atoms with Crippen LogP contribution in [-0.4, -0.2) is 14.8 Å². The van der Waals surface area contributed by atoms with Crippen molar-refractivity contribution in [2.24, 2.45) is 12.8 Å². The Balaban J connectivity index is 2.41. The summed E-state index contributed by atoms with van der Waals surface area (Å²) < 4.78 is 1.78. The van der Waals surface area contributed by atoms with Crippen LogP contribution in [0.25, 0.3) is 10.6 Å². The Morgan fingerprint density at radius 1 is 1.53 bits per heavy atom. The zero-order valence-corrected chi connectivity index (χ0v) is 9.71. The molecule has 0 unspecified atom stereocenters. The topological polar surface area (TPSA) is 56.7 Å². The number of aromatic nitrogens is 3. The third-order valence-electron chi connectivity index (χ3n) is 2.25. The van der Waals surface area contributed by atoms with Gasteiger partial charge in [0.25, 0.3) is 0 Å². The molecule has 15 heavy (non-hydrogen) atoms. The summed E-state index contributed by atoms with van der Waals surface area (Å²) in [6.07, 6.45) is 4.74. The van der Waals surface area contributed by atoms with Crippen LogP contribution >= 0.6 is 11.3 Å². The number of hydrogen-bond acceptors (Lipinski definition) is 4. The first-order valence-corrected chi connectivity index (χ1v) is 5.74. The summed E-state index contributed by atoms with van der Waals surface area (Å²) in [5, 5.41) is 5.15. The lowest BCUT2D eigenvalue weighted by Gasteiger charge is -1.91. The van der Waals surface area contributed by atoms with Crippen LogP contribution in [0.1, 0.15) is 17.5 Å². The lowest BCUT2D eigenvalue weighted by molar-refractivity contribution is 0.768. The van der Waals surface area contributed by atoms with E-state index in [-0.39, 0.29) is 0 Å². The highest BCUT2D eigenvalue weighted by atomic mass is 32.1. The van der Waals surface area contributed by atoms with Crippen LogP contribution in [0.15, 0.2) is 12.4 Å². The van der Waals surface area contributed by atoms with E-state index in [1.54, 1.807) is 16.0 Å². The van der Waals surface area contributed by atoms with E-state index in [2.05, 4.69) is 17.0 Å². The first kappa shape index (κ1) is 10.3. The van der Waals surface area contributed by atoms with Crippen molar-refractivity contribution in [2.45, 2.75) is 19.9 Å². The van der Waals surface area contributed by atoms with E-state index < -0.39 is 0 Å². The molecule has 2 rings (SSSR count). The van der Waals surface area contributed by atoms with Crippen molar-refractivity contribution in [1.82, 2.24) is 14.8 Å². The second-order valence-corrected chi connectivity index (χ2v) is 4.43. The van der Waals surface area contributed by atoms with E-state index in [9.17, 15) is 0 Å². The molecule has 0 saturated carbocycles.